The Morgan fingerprint density at radius 2 is 1.90 bits per heavy atom. The lowest BCUT2D eigenvalue weighted by atomic mass is 9.87. The van der Waals surface area contributed by atoms with Crippen molar-refractivity contribution in [3.63, 3.8) is 0 Å². The Morgan fingerprint density at radius 3 is 2.63 bits per heavy atom. The van der Waals surface area contributed by atoms with Crippen LogP contribution < -0.4 is 5.56 Å². The van der Waals surface area contributed by atoms with Crippen LogP contribution in [0.5, 0.6) is 0 Å². The molecule has 1 aliphatic rings. The number of fused-ring (bicyclic) bond motifs is 1. The number of carbonyl (C=O) groups is 1. The number of rotatable bonds is 4. The molecule has 2 heterocycles. The Hall–Kier alpha value is -3.26. The number of ketones is 1. The number of nitrogens with zero attached hydrogens (tertiary/aromatic N) is 1. The number of aromatic amines is 1. The smallest absolute Gasteiger partial charge is 0.376 e. The normalized spacial score (nSPS) is 16.2. The first-order valence-corrected chi connectivity index (χ1v) is 9.29. The van der Waals surface area contributed by atoms with Gasteiger partial charge in [0, 0.05) is 24.0 Å². The van der Waals surface area contributed by atoms with Crippen LogP contribution >= 0.6 is 0 Å². The second kappa shape index (κ2) is 7.87. The van der Waals surface area contributed by atoms with E-state index in [9.17, 15) is 22.8 Å². The summed E-state index contributed by atoms with van der Waals surface area (Å²) in [7, 11) is 0. The summed E-state index contributed by atoms with van der Waals surface area (Å²) in [5.41, 5.74) is 0.531. The second-order valence-corrected chi connectivity index (χ2v) is 7.10. The fourth-order valence-corrected chi connectivity index (χ4v) is 3.54. The first-order chi connectivity index (χ1) is 14.3. The number of hydrogen-bond donors (Lipinski definition) is 1. The highest BCUT2D eigenvalue weighted by Crippen LogP contribution is 2.35. The highest BCUT2D eigenvalue weighted by molar-refractivity contribution is 5.95. The predicted molar refractivity (Wildman–Crippen MR) is 103 cm³/mol. The summed E-state index contributed by atoms with van der Waals surface area (Å²) in [6.07, 6.45) is -4.47. The van der Waals surface area contributed by atoms with Crippen LogP contribution in [0.1, 0.15) is 39.5 Å². The van der Waals surface area contributed by atoms with E-state index in [-0.39, 0.29) is 36.9 Å². The van der Waals surface area contributed by atoms with E-state index in [0.29, 0.717) is 16.7 Å². The SMILES string of the molecule is O=C(C[C@@H]1COCc2cc(C(F)(F)F)ccc21)c1cc(=O)[nH]c(-c2ccccc2)n1. The summed E-state index contributed by atoms with van der Waals surface area (Å²) in [6, 6.07) is 13.5. The molecular formula is C22H17F3N2O3. The number of nitrogens with one attached hydrogen (secondary N) is 1. The van der Waals surface area contributed by atoms with Gasteiger partial charge in [-0.2, -0.15) is 13.2 Å². The number of carbonyl (C=O) groups excluding carboxylic acids is 1. The molecule has 0 spiro atoms. The van der Waals surface area contributed by atoms with E-state index in [1.807, 2.05) is 6.07 Å². The zero-order valence-electron chi connectivity index (χ0n) is 15.7. The molecule has 0 unspecified atom stereocenters. The first kappa shape index (κ1) is 20.0. The summed E-state index contributed by atoms with van der Waals surface area (Å²) in [5, 5.41) is 0. The van der Waals surface area contributed by atoms with E-state index in [1.165, 1.54) is 6.07 Å². The molecule has 5 nitrogen and oxygen atoms in total. The van der Waals surface area contributed by atoms with Gasteiger partial charge in [-0.15, -0.1) is 0 Å². The molecule has 0 bridgehead atoms. The molecule has 1 aliphatic heterocycles. The topological polar surface area (TPSA) is 72.1 Å². The van der Waals surface area contributed by atoms with Crippen LogP contribution in [-0.2, 0) is 17.5 Å². The van der Waals surface area contributed by atoms with Crippen molar-refractivity contribution < 1.29 is 22.7 Å². The number of halogens is 3. The average Bonchev–Trinajstić information content (AvgIpc) is 2.73. The molecular weight excluding hydrogens is 397 g/mol. The molecule has 1 atom stereocenters. The number of benzene rings is 2. The minimum absolute atomic E-state index is 0.0108. The molecule has 0 fully saturated rings. The van der Waals surface area contributed by atoms with Crippen molar-refractivity contribution in [1.82, 2.24) is 9.97 Å². The number of alkyl halides is 3. The molecule has 2 aromatic carbocycles. The van der Waals surface area contributed by atoms with Crippen molar-refractivity contribution in [1.29, 1.82) is 0 Å². The van der Waals surface area contributed by atoms with Gasteiger partial charge in [-0.25, -0.2) is 4.98 Å². The molecule has 0 saturated heterocycles. The lowest BCUT2D eigenvalue weighted by Crippen LogP contribution is -2.22. The Kier molecular flexibility index (Phi) is 5.26. The predicted octanol–water partition coefficient (Wildman–Crippen LogP) is 4.34. The van der Waals surface area contributed by atoms with Crippen LogP contribution in [0, 0.1) is 0 Å². The van der Waals surface area contributed by atoms with E-state index >= 15 is 0 Å². The van der Waals surface area contributed by atoms with Crippen LogP contribution in [0.25, 0.3) is 11.4 Å². The van der Waals surface area contributed by atoms with Gasteiger partial charge in [-0.3, -0.25) is 9.59 Å². The summed E-state index contributed by atoms with van der Waals surface area (Å²) < 4.78 is 44.3. The molecule has 8 heteroatoms. The Labute approximate surface area is 169 Å². The molecule has 0 amide bonds. The molecule has 0 aliphatic carbocycles. The second-order valence-electron chi connectivity index (χ2n) is 7.10. The van der Waals surface area contributed by atoms with E-state index in [2.05, 4.69) is 9.97 Å². The van der Waals surface area contributed by atoms with Crippen LogP contribution in [0.3, 0.4) is 0 Å². The fourth-order valence-electron chi connectivity index (χ4n) is 3.54. The van der Waals surface area contributed by atoms with E-state index in [1.54, 1.807) is 24.3 Å². The van der Waals surface area contributed by atoms with Gasteiger partial charge in [0.2, 0.25) is 0 Å². The van der Waals surface area contributed by atoms with E-state index in [0.717, 1.165) is 18.2 Å². The lowest BCUT2D eigenvalue weighted by Gasteiger charge is -2.26. The van der Waals surface area contributed by atoms with Gasteiger partial charge in [0.25, 0.3) is 5.56 Å². The number of aromatic nitrogens is 2. The maximum absolute atomic E-state index is 13.0. The first-order valence-electron chi connectivity index (χ1n) is 9.29. The molecule has 1 aromatic heterocycles. The molecule has 0 radical (unpaired) electrons. The van der Waals surface area contributed by atoms with Crippen LogP contribution in [0.2, 0.25) is 0 Å². The van der Waals surface area contributed by atoms with Crippen LogP contribution in [0.15, 0.2) is 59.4 Å². The van der Waals surface area contributed by atoms with Gasteiger partial charge >= 0.3 is 6.18 Å². The van der Waals surface area contributed by atoms with Crippen molar-refractivity contribution in [2.75, 3.05) is 6.61 Å². The van der Waals surface area contributed by atoms with Gasteiger partial charge in [0.15, 0.2) is 5.78 Å². The molecule has 1 N–H and O–H groups in total. The van der Waals surface area contributed by atoms with Crippen LogP contribution in [-0.4, -0.2) is 22.4 Å². The molecule has 0 saturated carbocycles. The number of H-pyrrole nitrogens is 1. The lowest BCUT2D eigenvalue weighted by molar-refractivity contribution is -0.137. The number of Topliss-reactive ketones (excluding diaryl/α,β-unsaturated/α-hetero) is 1. The van der Waals surface area contributed by atoms with Gasteiger partial charge in [-0.05, 0) is 23.3 Å². The van der Waals surface area contributed by atoms with Crippen LogP contribution in [0.4, 0.5) is 13.2 Å². The van der Waals surface area contributed by atoms with Gasteiger partial charge in [0.05, 0.1) is 18.8 Å². The molecule has 154 valence electrons. The van der Waals surface area contributed by atoms with E-state index < -0.39 is 23.2 Å². The van der Waals surface area contributed by atoms with Gasteiger partial charge in [-0.1, -0.05) is 36.4 Å². The summed E-state index contributed by atoms with van der Waals surface area (Å²) in [4.78, 5) is 31.8. The maximum Gasteiger partial charge on any atom is 0.416 e. The van der Waals surface area contributed by atoms with Crippen molar-refractivity contribution in [2.24, 2.45) is 0 Å². The Balaban J connectivity index is 1.60. The number of ether oxygens (including phenoxy) is 1. The zero-order chi connectivity index (χ0) is 21.3. The fraction of sp³-hybridized carbons (Fsp3) is 0.227. The minimum Gasteiger partial charge on any atom is -0.376 e. The van der Waals surface area contributed by atoms with Gasteiger partial charge < -0.3 is 9.72 Å². The van der Waals surface area contributed by atoms with Crippen molar-refractivity contribution in [2.45, 2.75) is 25.1 Å². The summed E-state index contributed by atoms with van der Waals surface area (Å²) in [6.45, 7) is 0.268. The standard InChI is InChI=1S/C22H17F3N2O3/c23-22(24,25)16-6-7-17-14(8-16)11-30-12-15(17)9-19(28)18-10-20(29)27-21(26-18)13-4-2-1-3-5-13/h1-8,10,15H,9,11-12H2,(H,26,27,29)/t15-/m1/s1. The number of hydrogen-bond acceptors (Lipinski definition) is 4. The Bertz CT molecular complexity index is 1140. The highest BCUT2D eigenvalue weighted by atomic mass is 19.4. The maximum atomic E-state index is 13.0. The monoisotopic (exact) mass is 414 g/mol. The van der Waals surface area contributed by atoms with Crippen molar-refractivity contribution in [3.05, 3.63) is 87.3 Å². The summed E-state index contributed by atoms with van der Waals surface area (Å²) in [5.74, 6) is -0.508. The third kappa shape index (κ3) is 4.18. The summed E-state index contributed by atoms with van der Waals surface area (Å²) >= 11 is 0. The largest absolute Gasteiger partial charge is 0.416 e. The molecule has 4 rings (SSSR count). The molecule has 30 heavy (non-hydrogen) atoms. The van der Waals surface area contributed by atoms with Crippen molar-refractivity contribution >= 4 is 5.78 Å². The van der Waals surface area contributed by atoms with E-state index in [4.69, 9.17) is 4.74 Å². The Morgan fingerprint density at radius 1 is 1.13 bits per heavy atom. The zero-order valence-corrected chi connectivity index (χ0v) is 15.7. The quantitative estimate of drug-likeness (QED) is 0.645. The average molecular weight is 414 g/mol. The third-order valence-corrected chi connectivity index (χ3v) is 4.99. The van der Waals surface area contributed by atoms with Crippen molar-refractivity contribution in [3.8, 4) is 11.4 Å². The highest BCUT2D eigenvalue weighted by Gasteiger charge is 2.33. The molecule has 3 aromatic rings. The third-order valence-electron chi connectivity index (χ3n) is 4.99. The minimum atomic E-state index is -4.44. The van der Waals surface area contributed by atoms with Gasteiger partial charge in [0.1, 0.15) is 11.5 Å².